The van der Waals surface area contributed by atoms with E-state index in [1.54, 1.807) is 11.8 Å². The van der Waals surface area contributed by atoms with E-state index >= 15 is 0 Å². The summed E-state index contributed by atoms with van der Waals surface area (Å²) in [5, 5.41) is 12.2. The molecule has 0 aliphatic carbocycles. The molecule has 2 saturated heterocycles. The Morgan fingerprint density at radius 2 is 2.14 bits per heavy atom. The first-order valence-corrected chi connectivity index (χ1v) is 8.74. The van der Waals surface area contributed by atoms with Gasteiger partial charge < -0.3 is 15.3 Å². The molecule has 2 aliphatic heterocycles. The van der Waals surface area contributed by atoms with Crippen molar-refractivity contribution in [3.63, 3.8) is 0 Å². The molecule has 0 aromatic heterocycles. The zero-order valence-corrected chi connectivity index (χ0v) is 13.6. The largest absolute Gasteiger partial charge is 0.480 e. The third-order valence-corrected chi connectivity index (χ3v) is 5.77. The Kier molecular flexibility index (Phi) is 5.75. The number of nitrogens with one attached hydrogen (secondary N) is 1. The number of amides is 2. The van der Waals surface area contributed by atoms with Gasteiger partial charge in [-0.1, -0.05) is 13.8 Å². The van der Waals surface area contributed by atoms with Gasteiger partial charge >= 0.3 is 12.0 Å². The van der Waals surface area contributed by atoms with E-state index in [-0.39, 0.29) is 11.4 Å². The maximum atomic E-state index is 12.4. The molecule has 3 unspecified atom stereocenters. The lowest BCUT2D eigenvalue weighted by atomic mass is 10.1. The molecule has 0 spiro atoms. The van der Waals surface area contributed by atoms with E-state index < -0.39 is 12.0 Å². The van der Waals surface area contributed by atoms with Crippen molar-refractivity contribution in [2.24, 2.45) is 5.92 Å². The third kappa shape index (κ3) is 3.83. The number of rotatable bonds is 5. The van der Waals surface area contributed by atoms with E-state index in [1.165, 1.54) is 4.90 Å². The Morgan fingerprint density at radius 1 is 1.38 bits per heavy atom. The van der Waals surface area contributed by atoms with Crippen LogP contribution < -0.4 is 5.32 Å². The Bertz CT molecular complexity index is 394. The first-order valence-electron chi connectivity index (χ1n) is 7.69. The zero-order chi connectivity index (χ0) is 15.4. The summed E-state index contributed by atoms with van der Waals surface area (Å²) in [7, 11) is 0. The van der Waals surface area contributed by atoms with Crippen LogP contribution in [0, 0.1) is 5.92 Å². The Hall–Kier alpha value is -0.950. The van der Waals surface area contributed by atoms with Gasteiger partial charge in [-0.15, -0.1) is 11.8 Å². The highest BCUT2D eigenvalue weighted by Crippen LogP contribution is 2.31. The number of hydrogen-bond donors (Lipinski definition) is 2. The summed E-state index contributed by atoms with van der Waals surface area (Å²) in [6.45, 7) is 7.92. The standard InChI is InChI=1S/C14H25N3O3S/c1-3-12-17(11(9-21-12)13(18)19)14(20)15-7-10-5-6-16(4-2)8-10/h10-12H,3-9H2,1-2H3,(H,15,20)(H,18,19). The lowest BCUT2D eigenvalue weighted by Crippen LogP contribution is -2.50. The number of thioether (sulfide) groups is 1. The zero-order valence-electron chi connectivity index (χ0n) is 12.7. The van der Waals surface area contributed by atoms with Crippen LogP contribution in [0.1, 0.15) is 26.7 Å². The number of aliphatic carboxylic acids is 1. The lowest BCUT2D eigenvalue weighted by molar-refractivity contribution is -0.141. The van der Waals surface area contributed by atoms with Crippen molar-refractivity contribution in [1.82, 2.24) is 15.1 Å². The first-order chi connectivity index (χ1) is 10.1. The van der Waals surface area contributed by atoms with Gasteiger partial charge in [-0.05, 0) is 31.8 Å². The van der Waals surface area contributed by atoms with Crippen molar-refractivity contribution in [3.8, 4) is 0 Å². The van der Waals surface area contributed by atoms with E-state index in [9.17, 15) is 14.7 Å². The lowest BCUT2D eigenvalue weighted by Gasteiger charge is -2.27. The number of nitrogens with zero attached hydrogens (tertiary/aromatic N) is 2. The molecule has 2 heterocycles. The summed E-state index contributed by atoms with van der Waals surface area (Å²) < 4.78 is 0. The second kappa shape index (κ2) is 7.35. The Labute approximate surface area is 130 Å². The molecule has 0 saturated carbocycles. The maximum absolute atomic E-state index is 12.4. The van der Waals surface area contributed by atoms with Gasteiger partial charge in [0.15, 0.2) is 0 Å². The van der Waals surface area contributed by atoms with Crippen LogP contribution in [0.5, 0.6) is 0 Å². The highest BCUT2D eigenvalue weighted by molar-refractivity contribution is 8.00. The van der Waals surface area contributed by atoms with Gasteiger partial charge in [0.25, 0.3) is 0 Å². The van der Waals surface area contributed by atoms with Crippen molar-refractivity contribution in [3.05, 3.63) is 0 Å². The SMILES string of the molecule is CCC1SCC(C(=O)O)N1C(=O)NCC1CCN(CC)C1. The Morgan fingerprint density at radius 3 is 2.71 bits per heavy atom. The fourth-order valence-electron chi connectivity index (χ4n) is 3.03. The third-order valence-electron chi connectivity index (χ3n) is 4.32. The van der Waals surface area contributed by atoms with E-state index in [1.807, 2.05) is 6.92 Å². The van der Waals surface area contributed by atoms with Gasteiger partial charge in [0.1, 0.15) is 6.04 Å². The van der Waals surface area contributed by atoms with Gasteiger partial charge in [0, 0.05) is 18.8 Å². The molecule has 0 aromatic carbocycles. The number of carbonyl (C=O) groups excluding carboxylic acids is 1. The van der Waals surface area contributed by atoms with Gasteiger partial charge in [0.05, 0.1) is 5.37 Å². The van der Waals surface area contributed by atoms with Crippen LogP contribution in [0.3, 0.4) is 0 Å². The second-order valence-corrected chi connectivity index (χ2v) is 6.90. The van der Waals surface area contributed by atoms with Crippen molar-refractivity contribution in [2.45, 2.75) is 38.1 Å². The molecular formula is C14H25N3O3S. The fourth-order valence-corrected chi connectivity index (χ4v) is 4.38. The monoisotopic (exact) mass is 315 g/mol. The van der Waals surface area contributed by atoms with E-state index in [0.717, 1.165) is 32.5 Å². The smallest absolute Gasteiger partial charge is 0.327 e. The molecule has 2 N–H and O–H groups in total. The van der Waals surface area contributed by atoms with Crippen molar-refractivity contribution in [1.29, 1.82) is 0 Å². The topological polar surface area (TPSA) is 72.9 Å². The van der Waals surface area contributed by atoms with Crippen LogP contribution in [0.4, 0.5) is 4.79 Å². The first kappa shape index (κ1) is 16.4. The van der Waals surface area contributed by atoms with Gasteiger partial charge in [-0.25, -0.2) is 9.59 Å². The molecule has 0 bridgehead atoms. The number of carbonyl (C=O) groups is 2. The van der Waals surface area contributed by atoms with Gasteiger partial charge in [-0.3, -0.25) is 4.90 Å². The van der Waals surface area contributed by atoms with Crippen molar-refractivity contribution >= 4 is 23.8 Å². The van der Waals surface area contributed by atoms with E-state index in [0.29, 0.717) is 18.2 Å². The molecule has 7 heteroatoms. The second-order valence-electron chi connectivity index (χ2n) is 5.69. The molecule has 3 atom stereocenters. The number of urea groups is 1. The van der Waals surface area contributed by atoms with Crippen LogP contribution in [0.25, 0.3) is 0 Å². The van der Waals surface area contributed by atoms with Crippen LogP contribution >= 0.6 is 11.8 Å². The Balaban J connectivity index is 1.87. The highest BCUT2D eigenvalue weighted by atomic mass is 32.2. The van der Waals surface area contributed by atoms with Crippen LogP contribution in [0.2, 0.25) is 0 Å². The summed E-state index contributed by atoms with van der Waals surface area (Å²) in [6.07, 6.45) is 1.87. The van der Waals surface area contributed by atoms with Crippen LogP contribution in [-0.2, 0) is 4.79 Å². The van der Waals surface area contributed by atoms with Crippen LogP contribution in [0.15, 0.2) is 0 Å². The molecule has 0 aromatic rings. The van der Waals surface area contributed by atoms with Crippen molar-refractivity contribution < 1.29 is 14.7 Å². The summed E-state index contributed by atoms with van der Waals surface area (Å²) >= 11 is 1.55. The normalized spacial score (nSPS) is 29.8. The molecule has 0 radical (unpaired) electrons. The predicted molar refractivity (Wildman–Crippen MR) is 83.4 cm³/mol. The molecule has 2 rings (SSSR count). The van der Waals surface area contributed by atoms with Crippen molar-refractivity contribution in [2.75, 3.05) is 31.9 Å². The average Bonchev–Trinajstić information content (AvgIpc) is 3.10. The molecule has 2 amide bonds. The number of likely N-dealkylation sites (tertiary alicyclic amines) is 1. The summed E-state index contributed by atoms with van der Waals surface area (Å²) in [5.74, 6) is 0.0491. The molecule has 120 valence electrons. The highest BCUT2D eigenvalue weighted by Gasteiger charge is 2.40. The molecule has 21 heavy (non-hydrogen) atoms. The molecule has 6 nitrogen and oxygen atoms in total. The van der Waals surface area contributed by atoms with Crippen LogP contribution in [-0.4, -0.2) is 70.3 Å². The van der Waals surface area contributed by atoms with E-state index in [4.69, 9.17) is 0 Å². The summed E-state index contributed by atoms with van der Waals surface area (Å²) in [5.41, 5.74) is 0. The predicted octanol–water partition coefficient (Wildman–Crippen LogP) is 1.28. The average molecular weight is 315 g/mol. The van der Waals surface area contributed by atoms with E-state index in [2.05, 4.69) is 17.1 Å². The molecule has 2 aliphatic rings. The summed E-state index contributed by atoms with van der Waals surface area (Å²) in [4.78, 5) is 27.5. The quantitative estimate of drug-likeness (QED) is 0.799. The minimum atomic E-state index is -0.911. The summed E-state index contributed by atoms with van der Waals surface area (Å²) in [6, 6.07) is -0.926. The number of hydrogen-bond acceptors (Lipinski definition) is 4. The maximum Gasteiger partial charge on any atom is 0.327 e. The fraction of sp³-hybridized carbons (Fsp3) is 0.857. The molecule has 2 fully saturated rings. The minimum Gasteiger partial charge on any atom is -0.480 e. The number of carboxylic acids is 1. The minimum absolute atomic E-state index is 0.0261. The number of carboxylic acid groups (broad SMARTS) is 1. The van der Waals surface area contributed by atoms with Gasteiger partial charge in [-0.2, -0.15) is 0 Å². The molecular weight excluding hydrogens is 290 g/mol. The van der Waals surface area contributed by atoms with Gasteiger partial charge in [0.2, 0.25) is 0 Å².